The molecule has 0 spiro atoms. The first-order valence-electron chi connectivity index (χ1n) is 4.12. The van der Waals surface area contributed by atoms with E-state index < -0.39 is 4.92 Å². The van der Waals surface area contributed by atoms with Crippen molar-refractivity contribution in [3.8, 4) is 11.4 Å². The molecule has 0 aliphatic heterocycles. The van der Waals surface area contributed by atoms with E-state index in [0.29, 0.717) is 16.4 Å². The molecule has 0 saturated carbocycles. The van der Waals surface area contributed by atoms with Gasteiger partial charge in [0.1, 0.15) is 5.82 Å². The summed E-state index contributed by atoms with van der Waals surface area (Å²) in [6.07, 6.45) is 3.19. The van der Waals surface area contributed by atoms with Crippen molar-refractivity contribution in [3.63, 3.8) is 0 Å². The lowest BCUT2D eigenvalue weighted by atomic mass is 10.2. The fourth-order valence-electron chi connectivity index (χ4n) is 1.22. The minimum Gasteiger partial charge on any atom is -0.345 e. The molecule has 0 radical (unpaired) electrons. The fourth-order valence-corrected chi connectivity index (χ4v) is 1.43. The third kappa shape index (κ3) is 1.82. The largest absolute Gasteiger partial charge is 0.345 e. The lowest BCUT2D eigenvalue weighted by Crippen LogP contribution is -1.89. The summed E-state index contributed by atoms with van der Waals surface area (Å²) in [7, 11) is 0. The number of hydrogen-bond donors (Lipinski definition) is 1. The predicted molar refractivity (Wildman–Crippen MR) is 55.7 cm³/mol. The van der Waals surface area contributed by atoms with Gasteiger partial charge in [-0.25, -0.2) is 4.98 Å². The van der Waals surface area contributed by atoms with Crippen molar-refractivity contribution in [2.24, 2.45) is 0 Å². The first kappa shape index (κ1) is 9.67. The highest BCUT2D eigenvalue weighted by molar-refractivity contribution is 6.33. The number of nitro benzene ring substituents is 1. The number of nitro groups is 1. The second kappa shape index (κ2) is 3.70. The lowest BCUT2D eigenvalue weighted by molar-refractivity contribution is -0.384. The molecule has 0 bridgehead atoms. The van der Waals surface area contributed by atoms with Gasteiger partial charge in [-0.3, -0.25) is 10.1 Å². The van der Waals surface area contributed by atoms with Gasteiger partial charge in [0.05, 0.1) is 9.95 Å². The first-order chi connectivity index (χ1) is 7.18. The molecule has 76 valence electrons. The zero-order chi connectivity index (χ0) is 10.8. The highest BCUT2D eigenvalue weighted by Gasteiger charge is 2.12. The highest BCUT2D eigenvalue weighted by Crippen LogP contribution is 2.28. The number of nitrogens with zero attached hydrogens (tertiary/aromatic N) is 2. The fraction of sp³-hybridized carbons (Fsp3) is 0. The van der Waals surface area contributed by atoms with Gasteiger partial charge in [0, 0.05) is 30.1 Å². The quantitative estimate of drug-likeness (QED) is 0.628. The Bertz CT molecular complexity index is 496. The number of aromatic nitrogens is 2. The van der Waals surface area contributed by atoms with Gasteiger partial charge in [-0.05, 0) is 6.07 Å². The summed E-state index contributed by atoms with van der Waals surface area (Å²) in [5.41, 5.74) is 0.515. The van der Waals surface area contributed by atoms with E-state index >= 15 is 0 Å². The van der Waals surface area contributed by atoms with Crippen LogP contribution in [0.25, 0.3) is 11.4 Å². The maximum Gasteiger partial charge on any atom is 0.270 e. The molecular weight excluding hydrogens is 218 g/mol. The van der Waals surface area contributed by atoms with Crippen LogP contribution >= 0.6 is 11.6 Å². The standard InChI is InChI=1S/C9H6ClN3O2/c10-8-2-1-6(13(14)15)5-7(8)9-11-3-4-12-9/h1-5H,(H,11,12). The Morgan fingerprint density at radius 1 is 1.47 bits per heavy atom. The third-order valence-electron chi connectivity index (χ3n) is 1.91. The van der Waals surface area contributed by atoms with Crippen LogP contribution in [0.15, 0.2) is 30.6 Å². The Kier molecular flexibility index (Phi) is 2.39. The Balaban J connectivity index is 2.55. The van der Waals surface area contributed by atoms with Crippen LogP contribution in [0.2, 0.25) is 5.02 Å². The molecular formula is C9H6ClN3O2. The predicted octanol–water partition coefficient (Wildman–Crippen LogP) is 2.64. The lowest BCUT2D eigenvalue weighted by Gasteiger charge is -2.00. The van der Waals surface area contributed by atoms with Gasteiger partial charge in [0.25, 0.3) is 5.69 Å². The number of imidazole rings is 1. The minimum absolute atomic E-state index is 0.00852. The van der Waals surface area contributed by atoms with Gasteiger partial charge in [-0.1, -0.05) is 11.6 Å². The molecule has 1 heterocycles. The molecule has 2 rings (SSSR count). The van der Waals surface area contributed by atoms with Crippen LogP contribution in [-0.4, -0.2) is 14.9 Å². The molecule has 5 nitrogen and oxygen atoms in total. The van der Waals surface area contributed by atoms with Crippen LogP contribution in [0.3, 0.4) is 0 Å². The van der Waals surface area contributed by atoms with Crippen LogP contribution in [0.1, 0.15) is 0 Å². The molecule has 0 aliphatic carbocycles. The van der Waals surface area contributed by atoms with E-state index in [1.54, 1.807) is 12.4 Å². The van der Waals surface area contributed by atoms with Crippen molar-refractivity contribution in [1.29, 1.82) is 0 Å². The van der Waals surface area contributed by atoms with Gasteiger partial charge < -0.3 is 4.98 Å². The SMILES string of the molecule is O=[N+]([O-])c1ccc(Cl)c(-c2ncc[nH]2)c1. The van der Waals surface area contributed by atoms with E-state index in [4.69, 9.17) is 11.6 Å². The number of nitrogens with one attached hydrogen (secondary N) is 1. The van der Waals surface area contributed by atoms with Crippen molar-refractivity contribution < 1.29 is 4.92 Å². The molecule has 6 heteroatoms. The summed E-state index contributed by atoms with van der Waals surface area (Å²) in [6.45, 7) is 0. The minimum atomic E-state index is -0.469. The zero-order valence-corrected chi connectivity index (χ0v) is 8.23. The molecule has 0 amide bonds. The molecule has 2 aromatic rings. The molecule has 0 unspecified atom stereocenters. The van der Waals surface area contributed by atoms with Gasteiger partial charge in [-0.2, -0.15) is 0 Å². The topological polar surface area (TPSA) is 71.8 Å². The van der Waals surface area contributed by atoms with Gasteiger partial charge in [0.2, 0.25) is 0 Å². The number of non-ortho nitro benzene ring substituents is 1. The molecule has 0 fully saturated rings. The van der Waals surface area contributed by atoms with Crippen molar-refractivity contribution in [2.75, 3.05) is 0 Å². The summed E-state index contributed by atoms with van der Waals surface area (Å²) < 4.78 is 0. The van der Waals surface area contributed by atoms with Crippen LogP contribution in [-0.2, 0) is 0 Å². The van der Waals surface area contributed by atoms with Crippen molar-refractivity contribution in [1.82, 2.24) is 9.97 Å². The molecule has 1 aromatic heterocycles. The van der Waals surface area contributed by atoms with Crippen LogP contribution in [0.5, 0.6) is 0 Å². The summed E-state index contributed by atoms with van der Waals surface area (Å²) in [5, 5.41) is 11.0. The number of halogens is 1. The highest BCUT2D eigenvalue weighted by atomic mass is 35.5. The second-order valence-corrected chi connectivity index (χ2v) is 3.27. The summed E-state index contributed by atoms with van der Waals surface area (Å²) in [4.78, 5) is 16.9. The Hall–Kier alpha value is -1.88. The Labute approximate surface area is 89.9 Å². The van der Waals surface area contributed by atoms with E-state index in [9.17, 15) is 10.1 Å². The normalized spacial score (nSPS) is 10.2. The van der Waals surface area contributed by atoms with E-state index in [0.717, 1.165) is 0 Å². The van der Waals surface area contributed by atoms with E-state index in [1.807, 2.05) is 0 Å². The van der Waals surface area contributed by atoms with Gasteiger partial charge in [0.15, 0.2) is 0 Å². The van der Waals surface area contributed by atoms with E-state index in [1.165, 1.54) is 18.2 Å². The smallest absolute Gasteiger partial charge is 0.270 e. The van der Waals surface area contributed by atoms with Crippen molar-refractivity contribution >= 4 is 17.3 Å². The van der Waals surface area contributed by atoms with Crippen molar-refractivity contribution in [3.05, 3.63) is 45.7 Å². The summed E-state index contributed by atoms with van der Waals surface area (Å²) >= 11 is 5.91. The number of aromatic amines is 1. The molecule has 0 saturated heterocycles. The molecule has 0 atom stereocenters. The third-order valence-corrected chi connectivity index (χ3v) is 2.24. The molecule has 1 N–H and O–H groups in total. The maximum absolute atomic E-state index is 10.6. The van der Waals surface area contributed by atoms with E-state index in [2.05, 4.69) is 9.97 Å². The Morgan fingerprint density at radius 2 is 2.27 bits per heavy atom. The number of rotatable bonds is 2. The maximum atomic E-state index is 10.6. The summed E-state index contributed by atoms with van der Waals surface area (Å²) in [5.74, 6) is 0.517. The molecule has 15 heavy (non-hydrogen) atoms. The van der Waals surface area contributed by atoms with E-state index in [-0.39, 0.29) is 5.69 Å². The first-order valence-corrected chi connectivity index (χ1v) is 4.50. The monoisotopic (exact) mass is 223 g/mol. The zero-order valence-electron chi connectivity index (χ0n) is 7.48. The number of H-pyrrole nitrogens is 1. The van der Waals surface area contributed by atoms with Gasteiger partial charge >= 0.3 is 0 Å². The Morgan fingerprint density at radius 3 is 2.87 bits per heavy atom. The number of benzene rings is 1. The molecule has 1 aromatic carbocycles. The van der Waals surface area contributed by atoms with Crippen LogP contribution in [0.4, 0.5) is 5.69 Å². The number of hydrogen-bond acceptors (Lipinski definition) is 3. The average Bonchev–Trinajstić information content (AvgIpc) is 2.71. The van der Waals surface area contributed by atoms with Crippen LogP contribution in [0, 0.1) is 10.1 Å². The van der Waals surface area contributed by atoms with Crippen LogP contribution < -0.4 is 0 Å². The molecule has 0 aliphatic rings. The summed E-state index contributed by atoms with van der Waals surface area (Å²) in [6, 6.07) is 4.23. The average molecular weight is 224 g/mol. The van der Waals surface area contributed by atoms with Crippen molar-refractivity contribution in [2.45, 2.75) is 0 Å². The van der Waals surface area contributed by atoms with Gasteiger partial charge in [-0.15, -0.1) is 0 Å². The second-order valence-electron chi connectivity index (χ2n) is 2.86.